The molecule has 0 spiro atoms. The number of pyridine rings is 1. The monoisotopic (exact) mass is 367 g/mol. The average Bonchev–Trinajstić information content (AvgIpc) is 3.16. The van der Waals surface area contributed by atoms with Gasteiger partial charge in [-0.2, -0.15) is 0 Å². The van der Waals surface area contributed by atoms with Gasteiger partial charge in [0.2, 0.25) is 0 Å². The summed E-state index contributed by atoms with van der Waals surface area (Å²) in [5.74, 6) is 1.48. The molecule has 5 nitrogen and oxygen atoms in total. The van der Waals surface area contributed by atoms with Crippen molar-refractivity contribution in [1.82, 2.24) is 4.98 Å². The van der Waals surface area contributed by atoms with Gasteiger partial charge in [0.15, 0.2) is 6.10 Å². The van der Waals surface area contributed by atoms with Gasteiger partial charge in [0.25, 0.3) is 5.91 Å². The zero-order chi connectivity index (χ0) is 19.4. The van der Waals surface area contributed by atoms with Gasteiger partial charge in [0.1, 0.15) is 11.6 Å². The van der Waals surface area contributed by atoms with Crippen LogP contribution in [0.15, 0.2) is 42.6 Å². The highest BCUT2D eigenvalue weighted by Gasteiger charge is 2.18. The SMILES string of the molecule is C[C@@H](Oc1cccc(C(C)(C)C)c1)C(=O)Nc1ccc(N2CCCC2)nc1. The maximum absolute atomic E-state index is 12.5. The number of anilines is 2. The quantitative estimate of drug-likeness (QED) is 0.852. The van der Waals surface area contributed by atoms with Gasteiger partial charge in [-0.15, -0.1) is 0 Å². The molecule has 27 heavy (non-hydrogen) atoms. The fourth-order valence-corrected chi connectivity index (χ4v) is 3.13. The van der Waals surface area contributed by atoms with E-state index in [1.165, 1.54) is 18.4 Å². The molecule has 0 aliphatic carbocycles. The van der Waals surface area contributed by atoms with Crippen molar-refractivity contribution < 1.29 is 9.53 Å². The molecule has 1 aliphatic heterocycles. The Morgan fingerprint density at radius 3 is 2.56 bits per heavy atom. The van der Waals surface area contributed by atoms with Crippen molar-refractivity contribution in [3.8, 4) is 5.75 Å². The Hall–Kier alpha value is -2.56. The van der Waals surface area contributed by atoms with E-state index < -0.39 is 6.10 Å². The van der Waals surface area contributed by atoms with Crippen LogP contribution in [0.4, 0.5) is 11.5 Å². The third-order valence-corrected chi connectivity index (χ3v) is 4.83. The summed E-state index contributed by atoms with van der Waals surface area (Å²) in [6.45, 7) is 10.3. The minimum absolute atomic E-state index is 0.0353. The van der Waals surface area contributed by atoms with E-state index in [1.807, 2.05) is 30.3 Å². The lowest BCUT2D eigenvalue weighted by atomic mass is 9.87. The second-order valence-electron chi connectivity index (χ2n) is 8.13. The molecule has 0 unspecified atom stereocenters. The highest BCUT2D eigenvalue weighted by atomic mass is 16.5. The van der Waals surface area contributed by atoms with Gasteiger partial charge in [-0.1, -0.05) is 32.9 Å². The van der Waals surface area contributed by atoms with Crippen LogP contribution in [0.2, 0.25) is 0 Å². The molecule has 1 N–H and O–H groups in total. The molecule has 1 fully saturated rings. The summed E-state index contributed by atoms with van der Waals surface area (Å²) in [6, 6.07) is 11.8. The van der Waals surface area contributed by atoms with Crippen LogP contribution in [-0.2, 0) is 10.2 Å². The fraction of sp³-hybridized carbons (Fsp3) is 0.455. The van der Waals surface area contributed by atoms with Crippen LogP contribution < -0.4 is 15.0 Å². The maximum atomic E-state index is 12.5. The summed E-state index contributed by atoms with van der Waals surface area (Å²) >= 11 is 0. The standard InChI is InChI=1S/C22H29N3O2/c1-16(27-19-9-7-8-17(14-19)22(2,3)4)21(26)24-18-10-11-20(23-15-18)25-12-5-6-13-25/h7-11,14-16H,5-6,12-13H2,1-4H3,(H,24,26)/t16-/m1/s1. The number of hydrogen-bond acceptors (Lipinski definition) is 4. The summed E-state index contributed by atoms with van der Waals surface area (Å²) in [7, 11) is 0. The van der Waals surface area contributed by atoms with Gasteiger partial charge in [0, 0.05) is 13.1 Å². The summed E-state index contributed by atoms with van der Waals surface area (Å²) < 4.78 is 5.85. The van der Waals surface area contributed by atoms with E-state index >= 15 is 0 Å². The lowest BCUT2D eigenvalue weighted by Gasteiger charge is -2.21. The van der Waals surface area contributed by atoms with Crippen LogP contribution >= 0.6 is 0 Å². The van der Waals surface area contributed by atoms with Crippen LogP contribution in [0.25, 0.3) is 0 Å². The van der Waals surface area contributed by atoms with Crippen molar-refractivity contribution in [1.29, 1.82) is 0 Å². The molecular formula is C22H29N3O2. The third-order valence-electron chi connectivity index (χ3n) is 4.83. The zero-order valence-corrected chi connectivity index (χ0v) is 16.7. The molecule has 1 amide bonds. The molecule has 0 saturated carbocycles. The average molecular weight is 367 g/mol. The van der Waals surface area contributed by atoms with Gasteiger partial charge in [-0.25, -0.2) is 4.98 Å². The Balaban J connectivity index is 1.59. The Bertz CT molecular complexity index is 775. The van der Waals surface area contributed by atoms with Crippen LogP contribution in [-0.4, -0.2) is 30.1 Å². The lowest BCUT2D eigenvalue weighted by Crippen LogP contribution is -2.30. The first-order chi connectivity index (χ1) is 12.8. The topological polar surface area (TPSA) is 54.5 Å². The molecule has 1 atom stereocenters. The summed E-state index contributed by atoms with van der Waals surface area (Å²) in [4.78, 5) is 19.2. The van der Waals surface area contributed by atoms with E-state index in [-0.39, 0.29) is 11.3 Å². The number of nitrogens with one attached hydrogen (secondary N) is 1. The maximum Gasteiger partial charge on any atom is 0.265 e. The van der Waals surface area contributed by atoms with Crippen molar-refractivity contribution in [2.75, 3.05) is 23.3 Å². The van der Waals surface area contributed by atoms with Crippen LogP contribution in [0.3, 0.4) is 0 Å². The van der Waals surface area contributed by atoms with E-state index in [4.69, 9.17) is 4.74 Å². The Labute approximate surface area is 161 Å². The summed E-state index contributed by atoms with van der Waals surface area (Å²) in [5, 5.41) is 2.88. The molecule has 144 valence electrons. The second kappa shape index (κ2) is 7.99. The van der Waals surface area contributed by atoms with Crippen LogP contribution in [0, 0.1) is 0 Å². The van der Waals surface area contributed by atoms with Crippen molar-refractivity contribution >= 4 is 17.4 Å². The first-order valence-corrected chi connectivity index (χ1v) is 9.62. The Kier molecular flexibility index (Phi) is 5.68. The Morgan fingerprint density at radius 2 is 1.93 bits per heavy atom. The minimum atomic E-state index is -0.599. The molecule has 1 aromatic carbocycles. The van der Waals surface area contributed by atoms with E-state index in [2.05, 4.69) is 42.0 Å². The van der Waals surface area contributed by atoms with Gasteiger partial charge >= 0.3 is 0 Å². The predicted molar refractivity (Wildman–Crippen MR) is 110 cm³/mol. The molecule has 3 rings (SSSR count). The lowest BCUT2D eigenvalue weighted by molar-refractivity contribution is -0.122. The smallest absolute Gasteiger partial charge is 0.265 e. The largest absolute Gasteiger partial charge is 0.481 e. The summed E-state index contributed by atoms with van der Waals surface area (Å²) in [5.41, 5.74) is 1.89. The number of benzene rings is 1. The molecule has 0 radical (unpaired) electrons. The van der Waals surface area contributed by atoms with E-state index in [0.29, 0.717) is 11.4 Å². The number of amides is 1. The van der Waals surface area contributed by atoms with Crippen molar-refractivity contribution in [2.45, 2.75) is 52.1 Å². The van der Waals surface area contributed by atoms with Gasteiger partial charge in [-0.3, -0.25) is 4.79 Å². The number of hydrogen-bond donors (Lipinski definition) is 1. The molecule has 0 bridgehead atoms. The molecule has 2 aromatic rings. The molecule has 5 heteroatoms. The fourth-order valence-electron chi connectivity index (χ4n) is 3.13. The van der Waals surface area contributed by atoms with Crippen molar-refractivity contribution in [2.24, 2.45) is 0 Å². The van der Waals surface area contributed by atoms with E-state index in [1.54, 1.807) is 13.1 Å². The third kappa shape index (κ3) is 5.00. The van der Waals surface area contributed by atoms with Gasteiger partial charge in [0.05, 0.1) is 11.9 Å². The number of carbonyl (C=O) groups is 1. The molecule has 2 heterocycles. The van der Waals surface area contributed by atoms with Gasteiger partial charge < -0.3 is 15.0 Å². The Morgan fingerprint density at radius 1 is 1.19 bits per heavy atom. The highest BCUT2D eigenvalue weighted by Crippen LogP contribution is 2.26. The zero-order valence-electron chi connectivity index (χ0n) is 16.7. The number of aromatic nitrogens is 1. The normalized spacial score (nSPS) is 15.5. The molecule has 1 aliphatic rings. The van der Waals surface area contributed by atoms with Crippen LogP contribution in [0.1, 0.15) is 46.1 Å². The minimum Gasteiger partial charge on any atom is -0.481 e. The number of ether oxygens (including phenoxy) is 1. The number of carbonyl (C=O) groups excluding carboxylic acids is 1. The predicted octanol–water partition coefficient (Wildman–Crippen LogP) is 4.39. The first-order valence-electron chi connectivity index (χ1n) is 9.62. The molecule has 1 aromatic heterocycles. The molecular weight excluding hydrogens is 338 g/mol. The highest BCUT2D eigenvalue weighted by molar-refractivity contribution is 5.94. The molecule has 1 saturated heterocycles. The summed E-state index contributed by atoms with van der Waals surface area (Å²) in [6.07, 6.45) is 3.54. The first kappa shape index (κ1) is 19.2. The van der Waals surface area contributed by atoms with Crippen molar-refractivity contribution in [3.05, 3.63) is 48.2 Å². The van der Waals surface area contributed by atoms with Crippen LogP contribution in [0.5, 0.6) is 5.75 Å². The number of rotatable bonds is 5. The van der Waals surface area contributed by atoms with Gasteiger partial charge in [-0.05, 0) is 55.0 Å². The second-order valence-corrected chi connectivity index (χ2v) is 8.13. The van der Waals surface area contributed by atoms with E-state index in [9.17, 15) is 4.79 Å². The number of nitrogens with zero attached hydrogens (tertiary/aromatic N) is 2. The van der Waals surface area contributed by atoms with E-state index in [0.717, 1.165) is 18.9 Å². The van der Waals surface area contributed by atoms with Crippen molar-refractivity contribution in [3.63, 3.8) is 0 Å².